The SMILES string of the molecule is COC(=O)c1ccc(Cl)c(NC(=O)c2ccc(N3CCCCS3(=O)=O)cc2)c1. The van der Waals surface area contributed by atoms with Gasteiger partial charge >= 0.3 is 5.97 Å². The fourth-order valence-corrected chi connectivity index (χ4v) is 4.72. The number of sulfonamides is 1. The summed E-state index contributed by atoms with van der Waals surface area (Å²) in [4.78, 5) is 24.2. The van der Waals surface area contributed by atoms with Gasteiger partial charge in [0.15, 0.2) is 0 Å². The number of methoxy groups -OCH3 is 1. The van der Waals surface area contributed by atoms with Crippen molar-refractivity contribution in [3.8, 4) is 0 Å². The van der Waals surface area contributed by atoms with Gasteiger partial charge in [0.05, 0.1) is 34.8 Å². The van der Waals surface area contributed by atoms with Crippen LogP contribution in [0.4, 0.5) is 11.4 Å². The van der Waals surface area contributed by atoms with Crippen LogP contribution in [0.5, 0.6) is 0 Å². The summed E-state index contributed by atoms with van der Waals surface area (Å²) in [7, 11) is -2.04. The van der Waals surface area contributed by atoms with E-state index in [2.05, 4.69) is 10.1 Å². The summed E-state index contributed by atoms with van der Waals surface area (Å²) in [5.74, 6) is -0.846. The Labute approximate surface area is 168 Å². The molecule has 0 radical (unpaired) electrons. The van der Waals surface area contributed by atoms with Gasteiger partial charge in [-0.2, -0.15) is 0 Å². The molecule has 7 nitrogen and oxygen atoms in total. The van der Waals surface area contributed by atoms with Crippen LogP contribution in [0.3, 0.4) is 0 Å². The molecule has 148 valence electrons. The Hall–Kier alpha value is -2.58. The zero-order valence-electron chi connectivity index (χ0n) is 15.1. The van der Waals surface area contributed by atoms with Gasteiger partial charge in [-0.05, 0) is 55.3 Å². The molecule has 0 unspecified atom stereocenters. The van der Waals surface area contributed by atoms with Crippen molar-refractivity contribution in [2.24, 2.45) is 0 Å². The molecule has 28 heavy (non-hydrogen) atoms. The van der Waals surface area contributed by atoms with E-state index in [1.165, 1.54) is 29.6 Å². The molecule has 0 saturated carbocycles. The number of nitrogens with one attached hydrogen (secondary N) is 1. The first-order valence-corrected chi connectivity index (χ1v) is 10.6. The maximum atomic E-state index is 12.5. The topological polar surface area (TPSA) is 92.8 Å². The van der Waals surface area contributed by atoms with E-state index >= 15 is 0 Å². The van der Waals surface area contributed by atoms with Gasteiger partial charge in [-0.25, -0.2) is 13.2 Å². The van der Waals surface area contributed by atoms with Crippen molar-refractivity contribution in [3.05, 3.63) is 58.6 Å². The molecule has 2 aromatic carbocycles. The largest absolute Gasteiger partial charge is 0.465 e. The van der Waals surface area contributed by atoms with Crippen molar-refractivity contribution < 1.29 is 22.7 Å². The fourth-order valence-electron chi connectivity index (χ4n) is 2.92. The first kappa shape index (κ1) is 20.2. The number of hydrogen-bond acceptors (Lipinski definition) is 5. The molecular formula is C19H19ClN2O5S. The second kappa shape index (κ2) is 8.20. The highest BCUT2D eigenvalue weighted by atomic mass is 35.5. The summed E-state index contributed by atoms with van der Waals surface area (Å²) >= 11 is 6.09. The Bertz CT molecular complexity index is 1010. The maximum absolute atomic E-state index is 12.5. The summed E-state index contributed by atoms with van der Waals surface area (Å²) in [5, 5.41) is 2.93. The minimum Gasteiger partial charge on any atom is -0.465 e. The summed E-state index contributed by atoms with van der Waals surface area (Å²) in [6.45, 7) is 0.434. The monoisotopic (exact) mass is 422 g/mol. The minimum atomic E-state index is -3.31. The Kier molecular flexibility index (Phi) is 5.90. The van der Waals surface area contributed by atoms with Gasteiger partial charge in [0.2, 0.25) is 10.0 Å². The summed E-state index contributed by atoms with van der Waals surface area (Å²) in [5.41, 5.74) is 1.39. The van der Waals surface area contributed by atoms with Gasteiger partial charge in [0.1, 0.15) is 0 Å². The molecule has 0 aliphatic carbocycles. The molecule has 0 atom stereocenters. The van der Waals surface area contributed by atoms with E-state index in [1.807, 2.05) is 0 Å². The molecule has 0 spiro atoms. The highest BCUT2D eigenvalue weighted by Crippen LogP contribution is 2.26. The van der Waals surface area contributed by atoms with Crippen LogP contribution in [0, 0.1) is 0 Å². The van der Waals surface area contributed by atoms with Crippen LogP contribution in [0.25, 0.3) is 0 Å². The lowest BCUT2D eigenvalue weighted by Crippen LogP contribution is -2.37. The second-order valence-electron chi connectivity index (χ2n) is 6.28. The van der Waals surface area contributed by atoms with Crippen LogP contribution < -0.4 is 9.62 Å². The fraction of sp³-hybridized carbons (Fsp3) is 0.263. The number of hydrogen-bond donors (Lipinski definition) is 1. The van der Waals surface area contributed by atoms with Gasteiger partial charge < -0.3 is 10.1 Å². The first-order valence-electron chi connectivity index (χ1n) is 8.61. The van der Waals surface area contributed by atoms with Gasteiger partial charge in [0.25, 0.3) is 5.91 Å². The van der Waals surface area contributed by atoms with Crippen molar-refractivity contribution >= 4 is 44.9 Å². The number of carbonyl (C=O) groups excluding carboxylic acids is 2. The number of ether oxygens (including phenoxy) is 1. The maximum Gasteiger partial charge on any atom is 0.337 e. The number of nitrogens with zero attached hydrogens (tertiary/aromatic N) is 1. The van der Waals surface area contributed by atoms with Gasteiger partial charge in [-0.1, -0.05) is 11.6 Å². The van der Waals surface area contributed by atoms with E-state index in [9.17, 15) is 18.0 Å². The molecule has 1 heterocycles. The third kappa shape index (κ3) is 4.28. The number of benzene rings is 2. The third-order valence-electron chi connectivity index (χ3n) is 4.40. The summed E-state index contributed by atoms with van der Waals surface area (Å²) < 4.78 is 30.4. The van der Waals surface area contributed by atoms with Crippen molar-refractivity contribution in [1.82, 2.24) is 0 Å². The summed E-state index contributed by atoms with van der Waals surface area (Å²) in [6, 6.07) is 10.7. The van der Waals surface area contributed by atoms with Crippen molar-refractivity contribution in [1.29, 1.82) is 0 Å². The quantitative estimate of drug-likeness (QED) is 0.763. The molecule has 1 amide bonds. The van der Waals surface area contributed by atoms with Crippen LogP contribution in [0.15, 0.2) is 42.5 Å². The zero-order valence-corrected chi connectivity index (χ0v) is 16.7. The van der Waals surface area contributed by atoms with Crippen molar-refractivity contribution in [3.63, 3.8) is 0 Å². The van der Waals surface area contributed by atoms with Gasteiger partial charge in [-0.15, -0.1) is 0 Å². The van der Waals surface area contributed by atoms with Gasteiger partial charge in [0, 0.05) is 12.1 Å². The molecule has 1 aliphatic heterocycles. The molecule has 1 saturated heterocycles. The zero-order chi connectivity index (χ0) is 20.3. The standard InChI is InChI=1S/C19H19ClN2O5S/c1-27-19(24)14-6-9-16(20)17(12-14)21-18(23)13-4-7-15(8-5-13)22-10-2-3-11-28(22,25)26/h4-9,12H,2-3,10-11H2,1H3,(H,21,23). The van der Waals surface area contributed by atoms with E-state index in [1.54, 1.807) is 24.3 Å². The smallest absolute Gasteiger partial charge is 0.337 e. The number of esters is 1. The molecule has 1 fully saturated rings. The molecule has 0 aromatic heterocycles. The molecule has 1 aliphatic rings. The lowest BCUT2D eigenvalue weighted by atomic mass is 10.1. The second-order valence-corrected chi connectivity index (χ2v) is 8.70. The number of halogens is 1. The molecule has 0 bridgehead atoms. The van der Waals surface area contributed by atoms with Crippen LogP contribution in [0.2, 0.25) is 5.02 Å². The molecular weight excluding hydrogens is 404 g/mol. The minimum absolute atomic E-state index is 0.129. The average Bonchev–Trinajstić information content (AvgIpc) is 2.69. The first-order chi connectivity index (χ1) is 13.3. The van der Waals surface area contributed by atoms with Crippen LogP contribution in [-0.4, -0.2) is 39.7 Å². The lowest BCUT2D eigenvalue weighted by molar-refractivity contribution is 0.0600. The van der Waals surface area contributed by atoms with E-state index in [0.29, 0.717) is 24.2 Å². The van der Waals surface area contributed by atoms with E-state index in [0.717, 1.165) is 6.42 Å². The highest BCUT2D eigenvalue weighted by molar-refractivity contribution is 7.92. The highest BCUT2D eigenvalue weighted by Gasteiger charge is 2.26. The van der Waals surface area contributed by atoms with Crippen molar-refractivity contribution in [2.45, 2.75) is 12.8 Å². The van der Waals surface area contributed by atoms with Crippen LogP contribution >= 0.6 is 11.6 Å². The Morgan fingerprint density at radius 3 is 2.39 bits per heavy atom. The van der Waals surface area contributed by atoms with Crippen molar-refractivity contribution in [2.75, 3.05) is 29.0 Å². The lowest BCUT2D eigenvalue weighted by Gasteiger charge is -2.28. The Balaban J connectivity index is 1.78. The number of rotatable bonds is 4. The predicted molar refractivity (Wildman–Crippen MR) is 108 cm³/mol. The molecule has 2 aromatic rings. The Morgan fingerprint density at radius 1 is 1.07 bits per heavy atom. The van der Waals surface area contributed by atoms with E-state index in [-0.39, 0.29) is 22.0 Å². The average molecular weight is 423 g/mol. The van der Waals surface area contributed by atoms with E-state index < -0.39 is 21.9 Å². The molecule has 9 heteroatoms. The number of anilines is 2. The summed E-state index contributed by atoms with van der Waals surface area (Å²) in [6.07, 6.45) is 1.46. The molecule has 3 rings (SSSR count). The Morgan fingerprint density at radius 2 is 1.75 bits per heavy atom. The number of carbonyl (C=O) groups is 2. The normalized spacial score (nSPS) is 15.7. The van der Waals surface area contributed by atoms with E-state index in [4.69, 9.17) is 11.6 Å². The third-order valence-corrected chi connectivity index (χ3v) is 6.60. The predicted octanol–water partition coefficient (Wildman–Crippen LogP) is 3.31. The van der Waals surface area contributed by atoms with Crippen LogP contribution in [0.1, 0.15) is 33.6 Å². The van der Waals surface area contributed by atoms with Gasteiger partial charge in [-0.3, -0.25) is 9.10 Å². The molecule has 1 N–H and O–H groups in total. The van der Waals surface area contributed by atoms with Crippen LogP contribution in [-0.2, 0) is 14.8 Å². The number of amides is 1.